The van der Waals surface area contributed by atoms with E-state index in [9.17, 15) is 4.79 Å². The second-order valence-corrected chi connectivity index (χ2v) is 4.72. The summed E-state index contributed by atoms with van der Waals surface area (Å²) in [6, 6.07) is 0. The van der Waals surface area contributed by atoms with Crippen LogP contribution in [0.4, 0.5) is 0 Å². The van der Waals surface area contributed by atoms with E-state index < -0.39 is 5.54 Å². The Balaban J connectivity index is 2.29. The molecule has 94 valence electrons. The minimum absolute atomic E-state index is 0.310. The Kier molecular flexibility index (Phi) is 2.91. The Labute approximate surface area is 101 Å². The lowest BCUT2D eigenvalue weighted by atomic mass is 9.92. The van der Waals surface area contributed by atoms with Crippen LogP contribution < -0.4 is 11.1 Å². The van der Waals surface area contributed by atoms with Gasteiger partial charge in [-0.15, -0.1) is 0 Å². The van der Waals surface area contributed by atoms with Gasteiger partial charge in [0.2, 0.25) is 5.91 Å². The van der Waals surface area contributed by atoms with Crippen molar-refractivity contribution >= 4 is 5.91 Å². The molecular weight excluding hydrogens is 218 g/mol. The second kappa shape index (κ2) is 4.10. The Morgan fingerprint density at radius 1 is 1.59 bits per heavy atom. The number of nitrogens with one attached hydrogen (secondary N) is 1. The van der Waals surface area contributed by atoms with Crippen molar-refractivity contribution in [1.29, 1.82) is 0 Å². The molecule has 1 aromatic rings. The van der Waals surface area contributed by atoms with Gasteiger partial charge in [-0.2, -0.15) is 5.10 Å². The summed E-state index contributed by atoms with van der Waals surface area (Å²) in [6.07, 6.45) is 2.08. The number of primary amides is 1. The zero-order valence-corrected chi connectivity index (χ0v) is 10.5. The number of hydrogen-bond donors (Lipinski definition) is 2. The normalized spacial score (nSPS) is 19.0. The molecule has 6 nitrogen and oxygen atoms in total. The molecule has 1 unspecified atom stereocenters. The van der Waals surface area contributed by atoms with Crippen LogP contribution in [0.5, 0.6) is 0 Å². The summed E-state index contributed by atoms with van der Waals surface area (Å²) in [5.41, 5.74) is 4.88. The Bertz CT molecular complexity index is 437. The number of carbonyl (C=O) groups excluding carboxylic acids is 1. The van der Waals surface area contributed by atoms with Crippen molar-refractivity contribution in [2.75, 3.05) is 7.05 Å². The topological polar surface area (TPSA) is 85.8 Å². The molecule has 17 heavy (non-hydrogen) atoms. The second-order valence-electron chi connectivity index (χ2n) is 4.72. The quantitative estimate of drug-likeness (QED) is 0.739. The maximum absolute atomic E-state index is 11.8. The van der Waals surface area contributed by atoms with Crippen molar-refractivity contribution in [2.45, 2.75) is 38.8 Å². The van der Waals surface area contributed by atoms with E-state index in [0.29, 0.717) is 18.3 Å². The smallest absolute Gasteiger partial charge is 0.239 e. The number of carbonyl (C=O) groups is 1. The number of amides is 1. The van der Waals surface area contributed by atoms with Crippen LogP contribution >= 0.6 is 0 Å². The zero-order chi connectivity index (χ0) is 12.6. The number of nitrogens with zero attached hydrogens (tertiary/aromatic N) is 3. The van der Waals surface area contributed by atoms with E-state index in [-0.39, 0.29) is 5.91 Å². The molecule has 1 amide bonds. The molecule has 0 spiro atoms. The molecule has 0 aromatic carbocycles. The van der Waals surface area contributed by atoms with Crippen LogP contribution in [0, 0.1) is 19.8 Å². The van der Waals surface area contributed by atoms with Crippen molar-refractivity contribution in [3.05, 3.63) is 11.6 Å². The van der Waals surface area contributed by atoms with Crippen LogP contribution in [0.1, 0.15) is 24.5 Å². The average Bonchev–Trinajstić information content (AvgIpc) is 3.03. The third-order valence-electron chi connectivity index (χ3n) is 3.52. The molecule has 1 aliphatic carbocycles. The molecule has 0 radical (unpaired) electrons. The predicted molar refractivity (Wildman–Crippen MR) is 63.2 cm³/mol. The summed E-state index contributed by atoms with van der Waals surface area (Å²) >= 11 is 0. The molecule has 3 N–H and O–H groups in total. The first-order valence-corrected chi connectivity index (χ1v) is 5.86. The number of nitrogens with two attached hydrogens (primary N) is 1. The van der Waals surface area contributed by atoms with Gasteiger partial charge in [0, 0.05) is 0 Å². The summed E-state index contributed by atoms with van der Waals surface area (Å²) in [5, 5.41) is 7.39. The average molecular weight is 237 g/mol. The highest BCUT2D eigenvalue weighted by Gasteiger charge is 2.49. The number of likely N-dealkylation sites (N-methyl/N-ethyl adjacent to an activating group) is 1. The van der Waals surface area contributed by atoms with Gasteiger partial charge in [0.1, 0.15) is 17.2 Å². The van der Waals surface area contributed by atoms with E-state index in [1.165, 1.54) is 0 Å². The molecule has 1 fully saturated rings. The molecule has 0 aliphatic heterocycles. The molecule has 2 rings (SSSR count). The third-order valence-corrected chi connectivity index (χ3v) is 3.52. The Hall–Kier alpha value is -1.43. The molecule has 6 heteroatoms. The first kappa shape index (κ1) is 12.0. The van der Waals surface area contributed by atoms with Crippen LogP contribution in [0.25, 0.3) is 0 Å². The fourth-order valence-electron chi connectivity index (χ4n) is 2.34. The van der Waals surface area contributed by atoms with E-state index in [2.05, 4.69) is 15.4 Å². The largest absolute Gasteiger partial charge is 0.368 e. The lowest BCUT2D eigenvalue weighted by Crippen LogP contribution is -2.58. The van der Waals surface area contributed by atoms with E-state index in [4.69, 9.17) is 5.73 Å². The van der Waals surface area contributed by atoms with Gasteiger partial charge in [0.25, 0.3) is 0 Å². The standard InChI is InChI=1S/C11H19N5O/c1-7-14-8(2)16(15-7)6-11(13-3,10(12)17)9-4-5-9/h9,13H,4-6H2,1-3H3,(H2,12,17). The molecule has 1 aliphatic rings. The van der Waals surface area contributed by atoms with Crippen molar-refractivity contribution in [3.8, 4) is 0 Å². The monoisotopic (exact) mass is 237 g/mol. The minimum Gasteiger partial charge on any atom is -0.368 e. The van der Waals surface area contributed by atoms with Crippen molar-refractivity contribution in [1.82, 2.24) is 20.1 Å². The number of hydrogen-bond acceptors (Lipinski definition) is 4. The van der Waals surface area contributed by atoms with Crippen molar-refractivity contribution in [3.63, 3.8) is 0 Å². The van der Waals surface area contributed by atoms with Gasteiger partial charge in [-0.3, -0.25) is 4.79 Å². The van der Waals surface area contributed by atoms with E-state index in [1.807, 2.05) is 13.8 Å². The fourth-order valence-corrected chi connectivity index (χ4v) is 2.34. The molecular formula is C11H19N5O. The molecule has 0 saturated heterocycles. The first-order valence-electron chi connectivity index (χ1n) is 5.86. The van der Waals surface area contributed by atoms with Gasteiger partial charge in [0.15, 0.2) is 0 Å². The fraction of sp³-hybridized carbons (Fsp3) is 0.727. The summed E-state index contributed by atoms with van der Waals surface area (Å²) in [5.74, 6) is 1.53. The summed E-state index contributed by atoms with van der Waals surface area (Å²) < 4.78 is 1.76. The maximum Gasteiger partial charge on any atom is 0.239 e. The van der Waals surface area contributed by atoms with Gasteiger partial charge in [-0.05, 0) is 39.7 Å². The lowest BCUT2D eigenvalue weighted by molar-refractivity contribution is -0.125. The molecule has 1 atom stereocenters. The number of rotatable bonds is 5. The molecule has 1 saturated carbocycles. The summed E-state index contributed by atoms with van der Waals surface area (Å²) in [7, 11) is 1.78. The minimum atomic E-state index is -0.690. The van der Waals surface area contributed by atoms with Crippen LogP contribution in [0.2, 0.25) is 0 Å². The van der Waals surface area contributed by atoms with Crippen LogP contribution in [-0.4, -0.2) is 33.3 Å². The Morgan fingerprint density at radius 2 is 2.24 bits per heavy atom. The highest BCUT2D eigenvalue weighted by atomic mass is 16.1. The highest BCUT2D eigenvalue weighted by Crippen LogP contribution is 2.40. The van der Waals surface area contributed by atoms with Gasteiger partial charge in [0.05, 0.1) is 6.54 Å². The molecule has 0 bridgehead atoms. The number of aromatic nitrogens is 3. The third kappa shape index (κ3) is 2.04. The Morgan fingerprint density at radius 3 is 2.59 bits per heavy atom. The molecule has 1 aromatic heterocycles. The SMILES string of the molecule is CNC(Cn1nc(C)nc1C)(C(N)=O)C1CC1. The van der Waals surface area contributed by atoms with Gasteiger partial charge in [-0.1, -0.05) is 0 Å². The van der Waals surface area contributed by atoms with E-state index in [0.717, 1.165) is 18.7 Å². The van der Waals surface area contributed by atoms with E-state index in [1.54, 1.807) is 11.7 Å². The zero-order valence-electron chi connectivity index (χ0n) is 10.5. The number of aryl methyl sites for hydroxylation is 2. The highest BCUT2D eigenvalue weighted by molar-refractivity contribution is 5.85. The van der Waals surface area contributed by atoms with Crippen LogP contribution in [0.3, 0.4) is 0 Å². The van der Waals surface area contributed by atoms with E-state index >= 15 is 0 Å². The summed E-state index contributed by atoms with van der Waals surface area (Å²) in [6.45, 7) is 4.18. The van der Waals surface area contributed by atoms with Crippen LogP contribution in [-0.2, 0) is 11.3 Å². The predicted octanol–water partition coefficient (Wildman–Crippen LogP) is -0.252. The van der Waals surface area contributed by atoms with Crippen molar-refractivity contribution in [2.24, 2.45) is 11.7 Å². The maximum atomic E-state index is 11.8. The van der Waals surface area contributed by atoms with Gasteiger partial charge >= 0.3 is 0 Å². The van der Waals surface area contributed by atoms with Gasteiger partial charge in [-0.25, -0.2) is 9.67 Å². The first-order chi connectivity index (χ1) is 7.99. The van der Waals surface area contributed by atoms with Crippen LogP contribution in [0.15, 0.2) is 0 Å². The van der Waals surface area contributed by atoms with Crippen molar-refractivity contribution < 1.29 is 4.79 Å². The lowest BCUT2D eigenvalue weighted by Gasteiger charge is -2.30. The summed E-state index contributed by atoms with van der Waals surface area (Å²) in [4.78, 5) is 16.0. The molecule has 1 heterocycles. The van der Waals surface area contributed by atoms with Gasteiger partial charge < -0.3 is 11.1 Å².